The van der Waals surface area contributed by atoms with Crippen LogP contribution in [0.15, 0.2) is 18.6 Å². The Kier molecular flexibility index (Phi) is 5.93. The first kappa shape index (κ1) is 17.8. The number of ether oxygens (including phenoxy) is 1. The van der Waals surface area contributed by atoms with Gasteiger partial charge >= 0.3 is 0 Å². The van der Waals surface area contributed by atoms with Gasteiger partial charge in [-0.15, -0.1) is 0 Å². The van der Waals surface area contributed by atoms with Crippen LogP contribution in [0, 0.1) is 5.92 Å². The summed E-state index contributed by atoms with van der Waals surface area (Å²) < 4.78 is 5.45. The molecule has 2 aliphatic heterocycles. The van der Waals surface area contributed by atoms with Crippen LogP contribution in [0.3, 0.4) is 0 Å². The fraction of sp³-hybridized carbons (Fsp3) is 0.647. The molecule has 1 aromatic heterocycles. The predicted octanol–water partition coefficient (Wildman–Crippen LogP) is -0.224. The van der Waals surface area contributed by atoms with E-state index >= 15 is 0 Å². The molecule has 0 radical (unpaired) electrons. The first-order chi connectivity index (χ1) is 12.2. The minimum Gasteiger partial charge on any atom is -0.381 e. The second-order valence-corrected chi connectivity index (χ2v) is 6.49. The van der Waals surface area contributed by atoms with E-state index in [0.717, 1.165) is 32.6 Å². The maximum absolute atomic E-state index is 12.7. The zero-order valence-corrected chi connectivity index (χ0v) is 14.6. The Morgan fingerprint density at radius 1 is 1.20 bits per heavy atom. The lowest BCUT2D eigenvalue weighted by atomic mass is 10.0. The highest BCUT2D eigenvalue weighted by Gasteiger charge is 2.33. The summed E-state index contributed by atoms with van der Waals surface area (Å²) in [7, 11) is 1.64. The van der Waals surface area contributed by atoms with E-state index in [1.54, 1.807) is 18.1 Å². The fourth-order valence-electron chi connectivity index (χ4n) is 3.55. The van der Waals surface area contributed by atoms with Gasteiger partial charge in [0.05, 0.1) is 12.1 Å². The average molecular weight is 347 g/mol. The van der Waals surface area contributed by atoms with Crippen LogP contribution in [0.25, 0.3) is 0 Å². The monoisotopic (exact) mass is 347 g/mol. The lowest BCUT2D eigenvalue weighted by Crippen LogP contribution is -2.45. The molecule has 2 amide bonds. The zero-order valence-electron chi connectivity index (χ0n) is 14.6. The summed E-state index contributed by atoms with van der Waals surface area (Å²) in [6.07, 6.45) is 6.46. The maximum atomic E-state index is 12.7. The van der Waals surface area contributed by atoms with Crippen molar-refractivity contribution in [2.24, 2.45) is 5.92 Å². The molecular formula is C17H25N5O3. The third-order valence-electron chi connectivity index (χ3n) is 4.95. The number of nitrogens with zero attached hydrogens (tertiary/aromatic N) is 4. The van der Waals surface area contributed by atoms with Crippen molar-refractivity contribution in [1.29, 1.82) is 0 Å². The van der Waals surface area contributed by atoms with Crippen molar-refractivity contribution in [3.63, 3.8) is 0 Å². The van der Waals surface area contributed by atoms with Gasteiger partial charge in [-0.3, -0.25) is 19.5 Å². The van der Waals surface area contributed by atoms with Crippen LogP contribution in [0.5, 0.6) is 0 Å². The molecule has 0 aliphatic carbocycles. The summed E-state index contributed by atoms with van der Waals surface area (Å²) in [5.74, 6) is -0.456. The van der Waals surface area contributed by atoms with E-state index < -0.39 is 0 Å². The highest BCUT2D eigenvalue weighted by atomic mass is 16.5. The summed E-state index contributed by atoms with van der Waals surface area (Å²) in [6.45, 7) is 3.91. The molecule has 136 valence electrons. The van der Waals surface area contributed by atoms with Crippen LogP contribution in [0.1, 0.15) is 23.3 Å². The molecule has 0 saturated carbocycles. The van der Waals surface area contributed by atoms with E-state index in [1.165, 1.54) is 12.4 Å². The van der Waals surface area contributed by atoms with Gasteiger partial charge in [0.1, 0.15) is 5.69 Å². The largest absolute Gasteiger partial charge is 0.381 e. The number of hydrogen-bond acceptors (Lipinski definition) is 6. The Morgan fingerprint density at radius 3 is 2.68 bits per heavy atom. The molecule has 2 fully saturated rings. The number of aromatic nitrogens is 2. The zero-order chi connectivity index (χ0) is 17.6. The standard InChI is InChI=1S/C17H25N5O3/c1-18-16(23)13-11-21(14-2-8-25-9-3-14)6-7-22(12-13)17(24)15-10-19-4-5-20-15/h4-5,10,13-14H,2-3,6-9,11-12H2,1H3,(H,18,23)/t13-/m1/s1. The smallest absolute Gasteiger partial charge is 0.274 e. The van der Waals surface area contributed by atoms with Gasteiger partial charge in [-0.05, 0) is 12.8 Å². The van der Waals surface area contributed by atoms with Gasteiger partial charge < -0.3 is 15.0 Å². The van der Waals surface area contributed by atoms with E-state index in [1.807, 2.05) is 0 Å². The molecule has 3 heterocycles. The summed E-state index contributed by atoms with van der Waals surface area (Å²) in [5.41, 5.74) is 0.317. The van der Waals surface area contributed by atoms with E-state index in [0.29, 0.717) is 31.4 Å². The number of carbonyl (C=O) groups is 2. The molecule has 0 spiro atoms. The van der Waals surface area contributed by atoms with Crippen molar-refractivity contribution >= 4 is 11.8 Å². The Balaban J connectivity index is 1.75. The quantitative estimate of drug-likeness (QED) is 0.813. The third-order valence-corrected chi connectivity index (χ3v) is 4.95. The Hall–Kier alpha value is -2.06. The van der Waals surface area contributed by atoms with Gasteiger partial charge in [0.25, 0.3) is 5.91 Å². The van der Waals surface area contributed by atoms with Gasteiger partial charge in [-0.1, -0.05) is 0 Å². The number of rotatable bonds is 3. The van der Waals surface area contributed by atoms with Gasteiger partial charge in [0.15, 0.2) is 0 Å². The third kappa shape index (κ3) is 4.32. The molecule has 0 bridgehead atoms. The van der Waals surface area contributed by atoms with Crippen LogP contribution in [-0.4, -0.2) is 84.1 Å². The van der Waals surface area contributed by atoms with Crippen molar-refractivity contribution in [1.82, 2.24) is 25.1 Å². The molecule has 1 atom stereocenters. The summed E-state index contributed by atoms with van der Waals surface area (Å²) in [6, 6.07) is 0.410. The molecule has 8 nitrogen and oxygen atoms in total. The first-order valence-corrected chi connectivity index (χ1v) is 8.77. The Labute approximate surface area is 147 Å². The second-order valence-electron chi connectivity index (χ2n) is 6.49. The minimum atomic E-state index is -0.254. The average Bonchev–Trinajstić information content (AvgIpc) is 2.91. The van der Waals surface area contributed by atoms with Crippen LogP contribution in [0.2, 0.25) is 0 Å². The van der Waals surface area contributed by atoms with E-state index in [2.05, 4.69) is 20.2 Å². The Morgan fingerprint density at radius 2 is 2.00 bits per heavy atom. The first-order valence-electron chi connectivity index (χ1n) is 8.77. The van der Waals surface area contributed by atoms with Crippen molar-refractivity contribution in [2.45, 2.75) is 18.9 Å². The lowest BCUT2D eigenvalue weighted by Gasteiger charge is -2.34. The van der Waals surface area contributed by atoms with Crippen LogP contribution in [-0.2, 0) is 9.53 Å². The number of nitrogens with one attached hydrogen (secondary N) is 1. The number of carbonyl (C=O) groups excluding carboxylic acids is 2. The van der Waals surface area contributed by atoms with Gasteiger partial charge in [0.2, 0.25) is 5.91 Å². The maximum Gasteiger partial charge on any atom is 0.274 e. The fourth-order valence-corrected chi connectivity index (χ4v) is 3.55. The highest BCUT2D eigenvalue weighted by molar-refractivity contribution is 5.92. The number of amides is 2. The van der Waals surface area contributed by atoms with Crippen molar-refractivity contribution in [3.8, 4) is 0 Å². The topological polar surface area (TPSA) is 87.7 Å². The minimum absolute atomic E-state index is 0.0316. The number of hydrogen-bond donors (Lipinski definition) is 1. The van der Waals surface area contributed by atoms with E-state index in [-0.39, 0.29) is 17.7 Å². The highest BCUT2D eigenvalue weighted by Crippen LogP contribution is 2.20. The molecule has 1 aromatic rings. The molecule has 2 saturated heterocycles. The molecule has 1 N–H and O–H groups in total. The Bertz CT molecular complexity index is 591. The molecule has 2 aliphatic rings. The van der Waals surface area contributed by atoms with E-state index in [9.17, 15) is 9.59 Å². The molecule has 25 heavy (non-hydrogen) atoms. The van der Waals surface area contributed by atoms with Gasteiger partial charge in [-0.25, -0.2) is 4.98 Å². The molecule has 8 heteroatoms. The van der Waals surface area contributed by atoms with Gasteiger partial charge in [-0.2, -0.15) is 0 Å². The van der Waals surface area contributed by atoms with Crippen LogP contribution in [0.4, 0.5) is 0 Å². The normalized spacial score (nSPS) is 23.1. The predicted molar refractivity (Wildman–Crippen MR) is 90.9 cm³/mol. The van der Waals surface area contributed by atoms with Crippen molar-refractivity contribution in [3.05, 3.63) is 24.3 Å². The second kappa shape index (κ2) is 8.35. The summed E-state index contributed by atoms with van der Waals surface area (Å²) in [4.78, 5) is 37.2. The van der Waals surface area contributed by atoms with Crippen LogP contribution < -0.4 is 5.32 Å². The van der Waals surface area contributed by atoms with E-state index in [4.69, 9.17) is 4.74 Å². The molecule has 0 unspecified atom stereocenters. The molecule has 3 rings (SSSR count). The van der Waals surface area contributed by atoms with Gasteiger partial charge in [0, 0.05) is 64.9 Å². The molecule has 0 aromatic carbocycles. The van der Waals surface area contributed by atoms with Crippen molar-refractivity contribution in [2.75, 3.05) is 46.4 Å². The SMILES string of the molecule is CNC(=O)[C@H]1CN(C(=O)c2cnccn2)CCN(C2CCOCC2)C1. The molecular weight excluding hydrogens is 322 g/mol. The lowest BCUT2D eigenvalue weighted by molar-refractivity contribution is -0.125. The van der Waals surface area contributed by atoms with Crippen molar-refractivity contribution < 1.29 is 14.3 Å². The summed E-state index contributed by atoms with van der Waals surface area (Å²) in [5, 5.41) is 2.73. The summed E-state index contributed by atoms with van der Waals surface area (Å²) >= 11 is 0. The van der Waals surface area contributed by atoms with Crippen LogP contribution >= 0.6 is 0 Å².